The van der Waals surface area contributed by atoms with Gasteiger partial charge in [0.1, 0.15) is 0 Å². The minimum absolute atomic E-state index is 0.0875. The van der Waals surface area contributed by atoms with E-state index in [2.05, 4.69) is 5.32 Å². The summed E-state index contributed by atoms with van der Waals surface area (Å²) >= 11 is 0. The van der Waals surface area contributed by atoms with E-state index in [0.717, 1.165) is 0 Å². The number of amides is 1. The summed E-state index contributed by atoms with van der Waals surface area (Å²) in [6.07, 6.45) is 1.43. The van der Waals surface area contributed by atoms with Crippen LogP contribution in [0, 0.1) is 0 Å². The van der Waals surface area contributed by atoms with Crippen LogP contribution in [-0.2, 0) is 9.59 Å². The summed E-state index contributed by atoms with van der Waals surface area (Å²) in [7, 11) is 1.54. The van der Waals surface area contributed by atoms with Gasteiger partial charge in [-0.1, -0.05) is 0 Å². The lowest BCUT2D eigenvalue weighted by Crippen LogP contribution is -2.11. The lowest BCUT2D eigenvalue weighted by molar-refractivity contribution is -0.137. The summed E-state index contributed by atoms with van der Waals surface area (Å²) in [4.78, 5) is 22.1. The highest BCUT2D eigenvalue weighted by Gasteiger charge is 2.08. The third-order valence-electron chi connectivity index (χ3n) is 2.79. The Morgan fingerprint density at radius 2 is 1.90 bits per heavy atom. The van der Waals surface area contributed by atoms with Gasteiger partial charge in [0, 0.05) is 24.6 Å². The fourth-order valence-corrected chi connectivity index (χ4v) is 1.81. The molecule has 2 N–H and O–H groups in total. The number of benzene rings is 1. The third kappa shape index (κ3) is 6.16. The minimum Gasteiger partial charge on any atom is -0.493 e. The van der Waals surface area contributed by atoms with Crippen LogP contribution in [0.15, 0.2) is 18.2 Å². The van der Waals surface area contributed by atoms with Crippen molar-refractivity contribution >= 4 is 17.6 Å². The van der Waals surface area contributed by atoms with Gasteiger partial charge in [-0.2, -0.15) is 0 Å². The van der Waals surface area contributed by atoms with Crippen LogP contribution < -0.4 is 14.8 Å². The number of aliphatic carboxylic acids is 1. The number of methoxy groups -OCH3 is 1. The first-order valence-corrected chi connectivity index (χ1v) is 6.89. The van der Waals surface area contributed by atoms with E-state index >= 15 is 0 Å². The lowest BCUT2D eigenvalue weighted by Gasteiger charge is -2.11. The second-order valence-corrected chi connectivity index (χ2v) is 4.45. The van der Waals surface area contributed by atoms with E-state index in [0.29, 0.717) is 43.1 Å². The number of hydrogen-bond donors (Lipinski definition) is 2. The van der Waals surface area contributed by atoms with E-state index in [-0.39, 0.29) is 12.3 Å². The first kappa shape index (κ1) is 16.8. The maximum Gasteiger partial charge on any atom is 0.303 e. The van der Waals surface area contributed by atoms with Crippen molar-refractivity contribution in [1.82, 2.24) is 0 Å². The fraction of sp³-hybridized carbons (Fsp3) is 0.467. The molecule has 0 fully saturated rings. The zero-order chi connectivity index (χ0) is 15.7. The van der Waals surface area contributed by atoms with E-state index in [1.54, 1.807) is 18.2 Å². The van der Waals surface area contributed by atoms with Gasteiger partial charge in [0.2, 0.25) is 5.91 Å². The van der Waals surface area contributed by atoms with Crippen LogP contribution in [0.1, 0.15) is 32.6 Å². The molecule has 1 aromatic rings. The Morgan fingerprint density at radius 1 is 1.19 bits per heavy atom. The van der Waals surface area contributed by atoms with Crippen LogP contribution in [0.3, 0.4) is 0 Å². The molecule has 6 heteroatoms. The van der Waals surface area contributed by atoms with Crippen molar-refractivity contribution in [3.63, 3.8) is 0 Å². The van der Waals surface area contributed by atoms with Crippen LogP contribution in [0.5, 0.6) is 11.5 Å². The van der Waals surface area contributed by atoms with Gasteiger partial charge < -0.3 is 19.9 Å². The molecule has 0 spiro atoms. The second-order valence-electron chi connectivity index (χ2n) is 4.45. The minimum atomic E-state index is -0.841. The van der Waals surface area contributed by atoms with Crippen molar-refractivity contribution in [2.45, 2.75) is 32.6 Å². The van der Waals surface area contributed by atoms with Crippen molar-refractivity contribution < 1.29 is 24.2 Å². The van der Waals surface area contributed by atoms with Crippen LogP contribution in [0.2, 0.25) is 0 Å². The molecule has 0 radical (unpaired) electrons. The van der Waals surface area contributed by atoms with Gasteiger partial charge in [0.05, 0.1) is 13.7 Å². The molecular formula is C15H21NO5. The Labute approximate surface area is 124 Å². The number of carbonyl (C=O) groups excluding carboxylic acids is 1. The SMILES string of the molecule is CCOc1ccc(NC(=O)CCCCC(=O)O)cc1OC. The normalized spacial score (nSPS) is 10.0. The monoisotopic (exact) mass is 295 g/mol. The van der Waals surface area contributed by atoms with Gasteiger partial charge in [0.25, 0.3) is 0 Å². The first-order chi connectivity index (χ1) is 10.1. The predicted molar refractivity (Wildman–Crippen MR) is 78.9 cm³/mol. The van der Waals surface area contributed by atoms with E-state index < -0.39 is 5.97 Å². The van der Waals surface area contributed by atoms with Gasteiger partial charge in [0.15, 0.2) is 11.5 Å². The average Bonchev–Trinajstić information content (AvgIpc) is 2.45. The summed E-state index contributed by atoms with van der Waals surface area (Å²) in [5, 5.41) is 11.3. The Kier molecular flexibility index (Phi) is 7.08. The number of nitrogens with one attached hydrogen (secondary N) is 1. The second kappa shape index (κ2) is 8.84. The molecule has 0 saturated carbocycles. The van der Waals surface area contributed by atoms with Crippen molar-refractivity contribution in [3.8, 4) is 11.5 Å². The van der Waals surface area contributed by atoms with Crippen LogP contribution >= 0.6 is 0 Å². The van der Waals surface area contributed by atoms with Crippen molar-refractivity contribution in [1.29, 1.82) is 0 Å². The zero-order valence-corrected chi connectivity index (χ0v) is 12.3. The number of carboxylic acid groups (broad SMARTS) is 1. The molecule has 1 rings (SSSR count). The molecule has 0 saturated heterocycles. The largest absolute Gasteiger partial charge is 0.493 e. The maximum atomic E-state index is 11.7. The van der Waals surface area contributed by atoms with Crippen LogP contribution in [-0.4, -0.2) is 30.7 Å². The Hall–Kier alpha value is -2.24. The van der Waals surface area contributed by atoms with Gasteiger partial charge in [-0.3, -0.25) is 9.59 Å². The number of anilines is 1. The smallest absolute Gasteiger partial charge is 0.303 e. The van der Waals surface area contributed by atoms with Gasteiger partial charge in [-0.15, -0.1) is 0 Å². The number of carboxylic acids is 1. The van der Waals surface area contributed by atoms with Crippen molar-refractivity contribution in [3.05, 3.63) is 18.2 Å². The molecule has 1 aromatic carbocycles. The summed E-state index contributed by atoms with van der Waals surface area (Å²) in [5.41, 5.74) is 0.624. The number of carbonyl (C=O) groups is 2. The topological polar surface area (TPSA) is 84.9 Å². The quantitative estimate of drug-likeness (QED) is 0.684. The van der Waals surface area contributed by atoms with E-state index in [1.165, 1.54) is 7.11 Å². The van der Waals surface area contributed by atoms with E-state index in [1.807, 2.05) is 6.92 Å². The maximum absolute atomic E-state index is 11.7. The average molecular weight is 295 g/mol. The van der Waals surface area contributed by atoms with Gasteiger partial charge in [-0.05, 0) is 31.9 Å². The Balaban J connectivity index is 2.50. The predicted octanol–water partition coefficient (Wildman–Crippen LogP) is 2.68. The number of hydrogen-bond acceptors (Lipinski definition) is 4. The number of ether oxygens (including phenoxy) is 2. The molecule has 0 aliphatic heterocycles. The van der Waals surface area contributed by atoms with Crippen molar-refractivity contribution in [2.75, 3.05) is 19.0 Å². The number of rotatable bonds is 9. The van der Waals surface area contributed by atoms with E-state index in [9.17, 15) is 9.59 Å². The molecule has 0 heterocycles. The van der Waals surface area contributed by atoms with E-state index in [4.69, 9.17) is 14.6 Å². The Morgan fingerprint density at radius 3 is 2.52 bits per heavy atom. The molecule has 21 heavy (non-hydrogen) atoms. The molecule has 0 unspecified atom stereocenters. The van der Waals surface area contributed by atoms with Gasteiger partial charge >= 0.3 is 5.97 Å². The molecule has 6 nitrogen and oxygen atoms in total. The van der Waals surface area contributed by atoms with Crippen LogP contribution in [0.4, 0.5) is 5.69 Å². The molecular weight excluding hydrogens is 274 g/mol. The summed E-state index contributed by atoms with van der Waals surface area (Å²) in [5.74, 6) is 0.193. The molecule has 0 bridgehead atoms. The van der Waals surface area contributed by atoms with Crippen molar-refractivity contribution in [2.24, 2.45) is 0 Å². The highest BCUT2D eigenvalue weighted by atomic mass is 16.5. The summed E-state index contributed by atoms with van der Waals surface area (Å²) in [6.45, 7) is 2.41. The Bertz CT molecular complexity index is 487. The number of unbranched alkanes of at least 4 members (excludes halogenated alkanes) is 1. The molecule has 0 aromatic heterocycles. The molecule has 0 atom stereocenters. The summed E-state index contributed by atoms with van der Waals surface area (Å²) in [6, 6.07) is 5.17. The third-order valence-corrected chi connectivity index (χ3v) is 2.79. The zero-order valence-electron chi connectivity index (χ0n) is 12.3. The summed E-state index contributed by atoms with van der Waals surface area (Å²) < 4.78 is 10.6. The molecule has 0 aliphatic rings. The lowest BCUT2D eigenvalue weighted by atomic mass is 10.2. The molecule has 1 amide bonds. The standard InChI is InChI=1S/C15H21NO5/c1-3-21-12-9-8-11(10-13(12)20-2)16-14(17)6-4-5-7-15(18)19/h8-10H,3-7H2,1-2H3,(H,16,17)(H,18,19). The highest BCUT2D eigenvalue weighted by molar-refractivity contribution is 5.91. The highest BCUT2D eigenvalue weighted by Crippen LogP contribution is 2.30. The molecule has 116 valence electrons. The first-order valence-electron chi connectivity index (χ1n) is 6.89. The molecule has 0 aliphatic carbocycles. The van der Waals surface area contributed by atoms with Gasteiger partial charge in [-0.25, -0.2) is 0 Å². The fourth-order valence-electron chi connectivity index (χ4n) is 1.81. The van der Waals surface area contributed by atoms with Crippen LogP contribution in [0.25, 0.3) is 0 Å².